The lowest BCUT2D eigenvalue weighted by Crippen LogP contribution is -2.27. The first-order valence-corrected chi connectivity index (χ1v) is 9.02. The molecule has 6 heteroatoms. The van der Waals surface area contributed by atoms with Crippen LogP contribution >= 0.6 is 11.8 Å². The number of nitrogens with zero attached hydrogens (tertiary/aromatic N) is 4. The number of carbonyl (C=O) groups is 1. The van der Waals surface area contributed by atoms with Crippen LogP contribution in [0.1, 0.15) is 11.4 Å². The Balaban J connectivity index is 1.65. The van der Waals surface area contributed by atoms with Gasteiger partial charge in [0.05, 0.1) is 5.75 Å². The van der Waals surface area contributed by atoms with E-state index in [2.05, 4.69) is 10.2 Å². The van der Waals surface area contributed by atoms with Gasteiger partial charge in [0.15, 0.2) is 5.16 Å². The monoisotopic (exact) mass is 352 g/mol. The zero-order valence-electron chi connectivity index (χ0n) is 14.3. The van der Waals surface area contributed by atoms with E-state index in [1.165, 1.54) is 11.8 Å². The number of para-hydroxylation sites is 1. The molecule has 0 radical (unpaired) electrons. The molecule has 1 heterocycles. The molecule has 0 saturated heterocycles. The smallest absolute Gasteiger partial charge is 0.233 e. The van der Waals surface area contributed by atoms with Gasteiger partial charge in [0.2, 0.25) is 5.91 Å². The second-order valence-electron chi connectivity index (χ2n) is 5.72. The molecule has 3 rings (SSSR count). The summed E-state index contributed by atoms with van der Waals surface area (Å²) in [5.41, 5.74) is 2.12. The second-order valence-corrected chi connectivity index (χ2v) is 6.67. The summed E-state index contributed by atoms with van der Waals surface area (Å²) in [7, 11) is 1.82. The lowest BCUT2D eigenvalue weighted by Gasteiger charge is -2.17. The minimum Gasteiger partial charge on any atom is -0.341 e. The lowest BCUT2D eigenvalue weighted by atomic mass is 10.2. The van der Waals surface area contributed by atoms with Crippen LogP contribution in [0.25, 0.3) is 5.69 Å². The molecule has 1 amide bonds. The summed E-state index contributed by atoms with van der Waals surface area (Å²) in [6.45, 7) is 2.51. The van der Waals surface area contributed by atoms with Gasteiger partial charge in [0.25, 0.3) is 0 Å². The number of hydrogen-bond acceptors (Lipinski definition) is 4. The molecule has 0 N–H and O–H groups in total. The van der Waals surface area contributed by atoms with E-state index in [1.807, 2.05) is 79.2 Å². The fourth-order valence-electron chi connectivity index (χ4n) is 2.49. The summed E-state index contributed by atoms with van der Waals surface area (Å²) in [6.07, 6.45) is 0. The first-order valence-electron chi connectivity index (χ1n) is 8.03. The fourth-order valence-corrected chi connectivity index (χ4v) is 3.43. The SMILES string of the molecule is Cc1nnc(SCC(=O)N(C)Cc2ccccc2)n1-c1ccccc1. The van der Waals surface area contributed by atoms with E-state index < -0.39 is 0 Å². The molecule has 0 aliphatic carbocycles. The highest BCUT2D eigenvalue weighted by Crippen LogP contribution is 2.22. The van der Waals surface area contributed by atoms with E-state index in [9.17, 15) is 4.79 Å². The molecule has 0 unspecified atom stereocenters. The van der Waals surface area contributed by atoms with E-state index in [0.717, 1.165) is 22.2 Å². The highest BCUT2D eigenvalue weighted by atomic mass is 32.2. The van der Waals surface area contributed by atoms with Crippen molar-refractivity contribution < 1.29 is 4.79 Å². The molecule has 25 heavy (non-hydrogen) atoms. The fraction of sp³-hybridized carbons (Fsp3) is 0.211. The highest BCUT2D eigenvalue weighted by molar-refractivity contribution is 7.99. The number of hydrogen-bond donors (Lipinski definition) is 0. The molecule has 0 spiro atoms. The van der Waals surface area contributed by atoms with Crippen molar-refractivity contribution in [2.24, 2.45) is 0 Å². The third kappa shape index (κ3) is 4.28. The van der Waals surface area contributed by atoms with E-state index in [-0.39, 0.29) is 5.91 Å². The van der Waals surface area contributed by atoms with Crippen LogP contribution < -0.4 is 0 Å². The summed E-state index contributed by atoms with van der Waals surface area (Å²) < 4.78 is 1.97. The van der Waals surface area contributed by atoms with Crippen LogP contribution in [-0.2, 0) is 11.3 Å². The van der Waals surface area contributed by atoms with Crippen molar-refractivity contribution >= 4 is 17.7 Å². The van der Waals surface area contributed by atoms with E-state index in [4.69, 9.17) is 0 Å². The van der Waals surface area contributed by atoms with Gasteiger partial charge in [-0.3, -0.25) is 9.36 Å². The summed E-state index contributed by atoms with van der Waals surface area (Å²) in [5.74, 6) is 1.20. The molecule has 128 valence electrons. The first-order chi connectivity index (χ1) is 12.1. The Morgan fingerprint density at radius 2 is 1.68 bits per heavy atom. The van der Waals surface area contributed by atoms with Gasteiger partial charge in [-0.2, -0.15) is 0 Å². The number of carbonyl (C=O) groups excluding carboxylic acids is 1. The standard InChI is InChI=1S/C19H20N4OS/c1-15-20-21-19(23(15)17-11-7-4-8-12-17)25-14-18(24)22(2)13-16-9-5-3-6-10-16/h3-12H,13-14H2,1-2H3. The third-order valence-electron chi connectivity index (χ3n) is 3.82. The molecule has 1 aromatic heterocycles. The maximum Gasteiger partial charge on any atom is 0.233 e. The van der Waals surface area contributed by atoms with Crippen LogP contribution in [-0.4, -0.2) is 38.4 Å². The number of aromatic nitrogens is 3. The Hall–Kier alpha value is -2.60. The van der Waals surface area contributed by atoms with Crippen molar-refractivity contribution in [3.63, 3.8) is 0 Å². The Morgan fingerprint density at radius 1 is 1.04 bits per heavy atom. The molecule has 0 bridgehead atoms. The topological polar surface area (TPSA) is 51.0 Å². The average molecular weight is 352 g/mol. The Labute approximate surface area is 151 Å². The van der Waals surface area contributed by atoms with Crippen LogP contribution in [0.15, 0.2) is 65.8 Å². The van der Waals surface area contributed by atoms with Gasteiger partial charge in [0, 0.05) is 19.3 Å². The van der Waals surface area contributed by atoms with Gasteiger partial charge < -0.3 is 4.90 Å². The lowest BCUT2D eigenvalue weighted by molar-refractivity contribution is -0.127. The Morgan fingerprint density at radius 3 is 2.36 bits per heavy atom. The molecule has 0 atom stereocenters. The predicted molar refractivity (Wildman–Crippen MR) is 99.7 cm³/mol. The maximum absolute atomic E-state index is 12.4. The van der Waals surface area contributed by atoms with Crippen LogP contribution in [0.5, 0.6) is 0 Å². The molecular weight excluding hydrogens is 332 g/mol. The number of benzene rings is 2. The minimum absolute atomic E-state index is 0.0640. The molecule has 3 aromatic rings. The zero-order chi connectivity index (χ0) is 17.6. The number of rotatable bonds is 6. The van der Waals surface area contributed by atoms with Crippen LogP contribution in [0.2, 0.25) is 0 Å². The van der Waals surface area contributed by atoms with Crippen LogP contribution in [0, 0.1) is 6.92 Å². The van der Waals surface area contributed by atoms with E-state index in [1.54, 1.807) is 4.90 Å². The molecule has 2 aromatic carbocycles. The maximum atomic E-state index is 12.4. The number of amides is 1. The zero-order valence-corrected chi connectivity index (χ0v) is 15.1. The third-order valence-corrected chi connectivity index (χ3v) is 4.74. The Kier molecular flexibility index (Phi) is 5.50. The van der Waals surface area contributed by atoms with Crippen molar-refractivity contribution in [3.8, 4) is 5.69 Å². The van der Waals surface area contributed by atoms with Crippen molar-refractivity contribution in [3.05, 3.63) is 72.1 Å². The van der Waals surface area contributed by atoms with Gasteiger partial charge in [-0.25, -0.2) is 0 Å². The van der Waals surface area contributed by atoms with Gasteiger partial charge >= 0.3 is 0 Å². The second kappa shape index (κ2) is 7.98. The van der Waals surface area contributed by atoms with Crippen molar-refractivity contribution in [2.45, 2.75) is 18.6 Å². The van der Waals surface area contributed by atoms with Crippen molar-refractivity contribution in [2.75, 3.05) is 12.8 Å². The summed E-state index contributed by atoms with van der Waals surface area (Å²) in [6, 6.07) is 19.9. The average Bonchev–Trinajstić information content (AvgIpc) is 3.01. The molecule has 0 aliphatic heterocycles. The van der Waals surface area contributed by atoms with Gasteiger partial charge in [-0.05, 0) is 24.6 Å². The molecule has 0 saturated carbocycles. The first kappa shape index (κ1) is 17.2. The summed E-state index contributed by atoms with van der Waals surface area (Å²) in [5, 5.41) is 9.09. The van der Waals surface area contributed by atoms with Gasteiger partial charge in [0.1, 0.15) is 5.82 Å². The molecule has 0 aliphatic rings. The highest BCUT2D eigenvalue weighted by Gasteiger charge is 2.15. The molecular formula is C19H20N4OS. The van der Waals surface area contributed by atoms with Crippen LogP contribution in [0.4, 0.5) is 0 Å². The molecule has 5 nitrogen and oxygen atoms in total. The Bertz CT molecular complexity index is 833. The number of thioether (sulfide) groups is 1. The van der Waals surface area contributed by atoms with Crippen molar-refractivity contribution in [1.29, 1.82) is 0 Å². The van der Waals surface area contributed by atoms with Gasteiger partial charge in [-0.15, -0.1) is 10.2 Å². The normalized spacial score (nSPS) is 10.6. The minimum atomic E-state index is 0.0640. The van der Waals surface area contributed by atoms with Crippen molar-refractivity contribution in [1.82, 2.24) is 19.7 Å². The predicted octanol–water partition coefficient (Wildman–Crippen LogP) is 3.33. The summed E-state index contributed by atoms with van der Waals surface area (Å²) >= 11 is 1.41. The van der Waals surface area contributed by atoms with Crippen LogP contribution in [0.3, 0.4) is 0 Å². The quantitative estimate of drug-likeness (QED) is 0.639. The summed E-state index contributed by atoms with van der Waals surface area (Å²) in [4.78, 5) is 14.2. The number of aryl methyl sites for hydroxylation is 1. The van der Waals surface area contributed by atoms with Gasteiger partial charge in [-0.1, -0.05) is 60.3 Å². The van der Waals surface area contributed by atoms with E-state index in [0.29, 0.717) is 12.3 Å². The van der Waals surface area contributed by atoms with E-state index >= 15 is 0 Å². The molecule has 0 fully saturated rings. The largest absolute Gasteiger partial charge is 0.341 e.